The maximum absolute atomic E-state index is 10.8. The summed E-state index contributed by atoms with van der Waals surface area (Å²) in [6.07, 6.45) is 3.40. The first-order valence-corrected chi connectivity index (χ1v) is 6.93. The summed E-state index contributed by atoms with van der Waals surface area (Å²) in [5.74, 6) is 1.16. The van der Waals surface area contributed by atoms with E-state index >= 15 is 0 Å². The molecule has 21 heavy (non-hydrogen) atoms. The third-order valence-electron chi connectivity index (χ3n) is 2.96. The molecule has 0 unspecified atom stereocenters. The Kier molecular flexibility index (Phi) is 5.10. The summed E-state index contributed by atoms with van der Waals surface area (Å²) in [6, 6.07) is 4.48. The third kappa shape index (κ3) is 3.91. The van der Waals surface area contributed by atoms with E-state index in [2.05, 4.69) is 10.3 Å². The third-order valence-corrected chi connectivity index (χ3v) is 3.23. The van der Waals surface area contributed by atoms with Gasteiger partial charge < -0.3 is 4.74 Å². The number of nitrogens with zero attached hydrogens (tertiary/aromatic N) is 4. The van der Waals surface area contributed by atoms with E-state index in [1.165, 1.54) is 19.2 Å². The van der Waals surface area contributed by atoms with Gasteiger partial charge in [0.2, 0.25) is 0 Å². The second kappa shape index (κ2) is 7.03. The molecule has 8 heteroatoms. The van der Waals surface area contributed by atoms with Crippen LogP contribution < -0.4 is 4.74 Å². The van der Waals surface area contributed by atoms with Gasteiger partial charge in [-0.1, -0.05) is 5.21 Å². The fraction of sp³-hybridized carbons (Fsp3) is 0.385. The first kappa shape index (κ1) is 15.2. The lowest BCUT2D eigenvalue weighted by atomic mass is 10.1. The molecule has 2 aromatic rings. The predicted molar refractivity (Wildman–Crippen MR) is 77.8 cm³/mol. The Morgan fingerprint density at radius 3 is 2.95 bits per heavy atom. The monoisotopic (exact) mass is 310 g/mol. The first-order chi connectivity index (χ1) is 10.1. The highest BCUT2D eigenvalue weighted by Crippen LogP contribution is 2.24. The standard InChI is InChI=1S/C13H15ClN4O3/c1-21-13-5-4-12(18(19)20)7-10(13)8-17-9-11(15-16-17)3-2-6-14/h4-5,7,9H,2-3,6,8H2,1H3. The average Bonchev–Trinajstić information content (AvgIpc) is 2.92. The number of nitro benzene ring substituents is 1. The number of aryl methyl sites for hydroxylation is 1. The topological polar surface area (TPSA) is 83.1 Å². The highest BCUT2D eigenvalue weighted by atomic mass is 35.5. The lowest BCUT2D eigenvalue weighted by Gasteiger charge is -2.07. The highest BCUT2D eigenvalue weighted by Gasteiger charge is 2.12. The molecule has 0 aliphatic heterocycles. The number of methoxy groups -OCH3 is 1. The largest absolute Gasteiger partial charge is 0.496 e. The molecule has 2 rings (SSSR count). The van der Waals surface area contributed by atoms with Gasteiger partial charge in [-0.2, -0.15) is 0 Å². The van der Waals surface area contributed by atoms with Crippen LogP contribution in [-0.4, -0.2) is 32.9 Å². The van der Waals surface area contributed by atoms with Crippen LogP contribution in [0.3, 0.4) is 0 Å². The summed E-state index contributed by atoms with van der Waals surface area (Å²) >= 11 is 5.64. The minimum Gasteiger partial charge on any atom is -0.496 e. The van der Waals surface area contributed by atoms with Gasteiger partial charge >= 0.3 is 0 Å². The van der Waals surface area contributed by atoms with Crippen LogP contribution in [0.2, 0.25) is 0 Å². The van der Waals surface area contributed by atoms with Gasteiger partial charge in [0.1, 0.15) is 5.75 Å². The normalized spacial score (nSPS) is 10.6. The number of hydrogen-bond donors (Lipinski definition) is 0. The van der Waals surface area contributed by atoms with Gasteiger partial charge in [-0.05, 0) is 18.9 Å². The predicted octanol–water partition coefficient (Wildman–Crippen LogP) is 2.41. The van der Waals surface area contributed by atoms with E-state index in [4.69, 9.17) is 16.3 Å². The van der Waals surface area contributed by atoms with Gasteiger partial charge in [0.05, 0.1) is 24.3 Å². The Morgan fingerprint density at radius 1 is 1.48 bits per heavy atom. The second-order valence-electron chi connectivity index (χ2n) is 4.45. The zero-order chi connectivity index (χ0) is 15.2. The number of rotatable bonds is 7. The summed E-state index contributed by atoms with van der Waals surface area (Å²) in [4.78, 5) is 10.4. The minimum absolute atomic E-state index is 0.0216. The van der Waals surface area contributed by atoms with Gasteiger partial charge in [-0.3, -0.25) is 10.1 Å². The van der Waals surface area contributed by atoms with E-state index in [1.807, 2.05) is 6.20 Å². The van der Waals surface area contributed by atoms with Crippen LogP contribution in [0.15, 0.2) is 24.4 Å². The Labute approximate surface area is 126 Å². The van der Waals surface area contributed by atoms with E-state index < -0.39 is 4.92 Å². The number of alkyl halides is 1. The van der Waals surface area contributed by atoms with Crippen LogP contribution in [-0.2, 0) is 13.0 Å². The van der Waals surface area contributed by atoms with Gasteiger partial charge in [0, 0.05) is 29.8 Å². The maximum atomic E-state index is 10.8. The van der Waals surface area contributed by atoms with Crippen LogP contribution in [0.4, 0.5) is 5.69 Å². The van der Waals surface area contributed by atoms with Crippen LogP contribution >= 0.6 is 11.6 Å². The fourth-order valence-electron chi connectivity index (χ4n) is 1.95. The van der Waals surface area contributed by atoms with E-state index in [-0.39, 0.29) is 5.69 Å². The molecule has 0 aliphatic rings. The van der Waals surface area contributed by atoms with Crippen molar-refractivity contribution in [3.63, 3.8) is 0 Å². The Morgan fingerprint density at radius 2 is 2.29 bits per heavy atom. The lowest BCUT2D eigenvalue weighted by Crippen LogP contribution is -2.03. The molecule has 0 fully saturated rings. The van der Waals surface area contributed by atoms with Crippen molar-refractivity contribution in [1.82, 2.24) is 15.0 Å². The molecule has 1 heterocycles. The molecule has 0 radical (unpaired) electrons. The Hall–Kier alpha value is -2.15. The quantitative estimate of drug-likeness (QED) is 0.445. The molecule has 0 atom stereocenters. The number of ether oxygens (including phenoxy) is 1. The summed E-state index contributed by atoms with van der Waals surface area (Å²) in [7, 11) is 1.53. The van der Waals surface area contributed by atoms with Crippen molar-refractivity contribution in [3.8, 4) is 5.75 Å². The van der Waals surface area contributed by atoms with E-state index in [1.54, 1.807) is 10.7 Å². The molecule has 0 spiro atoms. The van der Waals surface area contributed by atoms with Crippen molar-refractivity contribution in [2.75, 3.05) is 13.0 Å². The molecule has 0 saturated heterocycles. The maximum Gasteiger partial charge on any atom is 0.270 e. The van der Waals surface area contributed by atoms with Crippen molar-refractivity contribution in [2.45, 2.75) is 19.4 Å². The molecule has 112 valence electrons. The molecule has 0 saturated carbocycles. The second-order valence-corrected chi connectivity index (χ2v) is 4.83. The molecule has 0 aliphatic carbocycles. The van der Waals surface area contributed by atoms with Crippen molar-refractivity contribution in [2.24, 2.45) is 0 Å². The Balaban J connectivity index is 2.19. The van der Waals surface area contributed by atoms with Gasteiger partial charge in [-0.25, -0.2) is 4.68 Å². The van der Waals surface area contributed by atoms with E-state index in [0.29, 0.717) is 23.7 Å². The van der Waals surface area contributed by atoms with Crippen LogP contribution in [0.5, 0.6) is 5.75 Å². The molecule has 1 aromatic carbocycles. The van der Waals surface area contributed by atoms with Gasteiger partial charge in [0.25, 0.3) is 5.69 Å². The molecule has 7 nitrogen and oxygen atoms in total. The highest BCUT2D eigenvalue weighted by molar-refractivity contribution is 6.17. The van der Waals surface area contributed by atoms with Crippen LogP contribution in [0, 0.1) is 10.1 Å². The van der Waals surface area contributed by atoms with Crippen molar-refractivity contribution in [3.05, 3.63) is 45.8 Å². The molecule has 0 N–H and O–H groups in total. The number of aromatic nitrogens is 3. The Bertz CT molecular complexity index is 630. The zero-order valence-corrected chi connectivity index (χ0v) is 12.3. The van der Waals surface area contributed by atoms with Crippen LogP contribution in [0.25, 0.3) is 0 Å². The minimum atomic E-state index is -0.434. The van der Waals surface area contributed by atoms with Gasteiger partial charge in [-0.15, -0.1) is 16.7 Å². The SMILES string of the molecule is COc1ccc([N+](=O)[O-])cc1Cn1cc(CCCCl)nn1. The smallest absolute Gasteiger partial charge is 0.270 e. The van der Waals surface area contributed by atoms with Crippen molar-refractivity contribution in [1.29, 1.82) is 0 Å². The molecular weight excluding hydrogens is 296 g/mol. The number of non-ortho nitro benzene ring substituents is 1. The molecular formula is C13H15ClN4O3. The number of nitro groups is 1. The van der Waals surface area contributed by atoms with E-state index in [0.717, 1.165) is 18.5 Å². The van der Waals surface area contributed by atoms with Crippen molar-refractivity contribution >= 4 is 17.3 Å². The lowest BCUT2D eigenvalue weighted by molar-refractivity contribution is -0.384. The number of hydrogen-bond acceptors (Lipinski definition) is 5. The summed E-state index contributed by atoms with van der Waals surface area (Å²) in [5, 5.41) is 18.9. The van der Waals surface area contributed by atoms with Gasteiger partial charge in [0.15, 0.2) is 0 Å². The zero-order valence-electron chi connectivity index (χ0n) is 11.5. The number of halogens is 1. The van der Waals surface area contributed by atoms with E-state index in [9.17, 15) is 10.1 Å². The summed E-state index contributed by atoms with van der Waals surface area (Å²) in [6.45, 7) is 0.360. The molecule has 1 aromatic heterocycles. The molecule has 0 bridgehead atoms. The first-order valence-electron chi connectivity index (χ1n) is 6.40. The van der Waals surface area contributed by atoms with Crippen molar-refractivity contribution < 1.29 is 9.66 Å². The fourth-order valence-corrected chi connectivity index (χ4v) is 2.09. The van der Waals surface area contributed by atoms with Crippen LogP contribution in [0.1, 0.15) is 17.7 Å². The average molecular weight is 311 g/mol. The number of benzene rings is 1. The summed E-state index contributed by atoms with van der Waals surface area (Å²) < 4.78 is 6.85. The summed E-state index contributed by atoms with van der Waals surface area (Å²) in [5.41, 5.74) is 1.55. The molecule has 0 amide bonds.